The van der Waals surface area contributed by atoms with Gasteiger partial charge in [0.25, 0.3) is 11.8 Å². The fourth-order valence-corrected chi connectivity index (χ4v) is 6.42. The van der Waals surface area contributed by atoms with Gasteiger partial charge in [-0.3, -0.25) is 14.4 Å². The first-order valence-corrected chi connectivity index (χ1v) is 16.6. The van der Waals surface area contributed by atoms with Crippen LogP contribution in [0, 0.1) is 11.7 Å². The van der Waals surface area contributed by atoms with Gasteiger partial charge in [-0.25, -0.2) is 19.6 Å². The predicted octanol–water partition coefficient (Wildman–Crippen LogP) is 3.91. The van der Waals surface area contributed by atoms with Gasteiger partial charge in [-0.2, -0.15) is 0 Å². The van der Waals surface area contributed by atoms with Gasteiger partial charge in [0.15, 0.2) is 11.6 Å². The van der Waals surface area contributed by atoms with Gasteiger partial charge < -0.3 is 20.9 Å². The van der Waals surface area contributed by atoms with Crippen LogP contribution in [0.2, 0.25) is 0 Å². The molecule has 0 spiro atoms. The molecule has 6 N–H and O–H groups in total. The maximum atomic E-state index is 15.2. The third kappa shape index (κ3) is 7.61. The smallest absolute Gasteiger partial charge is 0.252 e. The number of nitrogens with one attached hydrogen (secondary N) is 6. The van der Waals surface area contributed by atoms with E-state index in [4.69, 9.17) is 0 Å². The van der Waals surface area contributed by atoms with Gasteiger partial charge in [-0.15, -0.1) is 10.2 Å². The topological polar surface area (TPSA) is 225 Å². The Balaban J connectivity index is 1.14. The number of aromatic amines is 3. The number of carbonyl (C=O) groups excluding carboxylic acids is 3. The Morgan fingerprint density at radius 2 is 1.49 bits per heavy atom. The third-order valence-electron chi connectivity index (χ3n) is 9.08. The number of H-pyrrole nitrogens is 3. The highest BCUT2D eigenvalue weighted by molar-refractivity contribution is 6.10. The van der Waals surface area contributed by atoms with Gasteiger partial charge in [0.1, 0.15) is 5.82 Å². The molecular formula is C34H34FN13O3. The number of anilines is 1. The van der Waals surface area contributed by atoms with E-state index < -0.39 is 23.5 Å². The van der Waals surface area contributed by atoms with E-state index in [0.29, 0.717) is 52.0 Å². The highest BCUT2D eigenvalue weighted by Crippen LogP contribution is 2.29. The molecule has 51 heavy (non-hydrogen) atoms. The molecule has 3 heterocycles. The van der Waals surface area contributed by atoms with Gasteiger partial charge in [0.05, 0.1) is 34.4 Å². The summed E-state index contributed by atoms with van der Waals surface area (Å²) in [6.07, 6.45) is 8.25. The first kappa shape index (κ1) is 33.1. The Morgan fingerprint density at radius 3 is 2.16 bits per heavy atom. The van der Waals surface area contributed by atoms with Crippen LogP contribution in [0.4, 0.5) is 10.1 Å². The van der Waals surface area contributed by atoms with E-state index in [1.807, 2.05) is 0 Å². The van der Waals surface area contributed by atoms with Gasteiger partial charge in [-0.1, -0.05) is 43.9 Å². The van der Waals surface area contributed by atoms with Gasteiger partial charge in [-0.05, 0) is 76.0 Å². The molecule has 16 nitrogen and oxygen atoms in total. The second-order valence-corrected chi connectivity index (χ2v) is 12.5. The monoisotopic (exact) mass is 691 g/mol. The van der Waals surface area contributed by atoms with Gasteiger partial charge in [0, 0.05) is 35.5 Å². The molecule has 3 aromatic heterocycles. The molecule has 1 aliphatic carbocycles. The average molecular weight is 692 g/mol. The highest BCUT2D eigenvalue weighted by Gasteiger charge is 2.27. The van der Waals surface area contributed by atoms with E-state index in [1.54, 1.807) is 30.3 Å². The Bertz CT molecular complexity index is 2090. The summed E-state index contributed by atoms with van der Waals surface area (Å²) in [6, 6.07) is 13.9. The summed E-state index contributed by atoms with van der Waals surface area (Å²) < 4.78 is 15.2. The van der Waals surface area contributed by atoms with Gasteiger partial charge in [0.2, 0.25) is 5.91 Å². The first-order valence-electron chi connectivity index (χ1n) is 16.6. The van der Waals surface area contributed by atoms with E-state index in [9.17, 15) is 14.4 Å². The third-order valence-corrected chi connectivity index (χ3v) is 9.08. The lowest BCUT2D eigenvalue weighted by molar-refractivity contribution is -0.117. The highest BCUT2D eigenvalue weighted by atomic mass is 19.1. The molecule has 1 atom stereocenters. The zero-order valence-electron chi connectivity index (χ0n) is 27.3. The molecule has 0 aliphatic heterocycles. The number of amides is 3. The van der Waals surface area contributed by atoms with Crippen molar-refractivity contribution in [3.63, 3.8) is 0 Å². The van der Waals surface area contributed by atoms with Crippen LogP contribution in [0.1, 0.15) is 70.7 Å². The van der Waals surface area contributed by atoms with E-state index >= 15 is 4.39 Å². The Kier molecular flexibility index (Phi) is 9.75. The summed E-state index contributed by atoms with van der Waals surface area (Å²) in [5.74, 6) is -2.40. The predicted molar refractivity (Wildman–Crippen MR) is 183 cm³/mol. The molecule has 1 fully saturated rings. The molecule has 1 aliphatic rings. The molecule has 1 saturated carbocycles. The largest absolute Gasteiger partial charge is 0.352 e. The molecule has 1 unspecified atom stereocenters. The SMILES string of the molecule is O=C(NCC1CCCCCC1)c1cc2[nH]cnc2cc1C(=O)NCC(C(=O)Nc1cc(-c2nnn[nH]2)cc(-c2nnn[nH]2)c1)c1ccccc1F. The summed E-state index contributed by atoms with van der Waals surface area (Å²) in [6.45, 7) is 0.219. The summed E-state index contributed by atoms with van der Waals surface area (Å²) in [7, 11) is 0. The molecule has 6 aromatic rings. The maximum Gasteiger partial charge on any atom is 0.252 e. The van der Waals surface area contributed by atoms with Crippen molar-refractivity contribution in [3.05, 3.63) is 83.4 Å². The normalized spacial score (nSPS) is 14.1. The number of hydrogen-bond donors (Lipinski definition) is 6. The fraction of sp³-hybridized carbons (Fsp3) is 0.294. The van der Waals surface area contributed by atoms with Crippen molar-refractivity contribution < 1.29 is 18.8 Å². The molecule has 0 radical (unpaired) electrons. The van der Waals surface area contributed by atoms with Crippen molar-refractivity contribution >= 4 is 34.4 Å². The number of fused-ring (bicyclic) bond motifs is 1. The number of benzene rings is 3. The standard InChI is InChI=1S/C34H34FN13O3/c35-27-10-6-5-9-23(27)26(34(51)40-22-12-20(30-41-45-46-42-30)11-21(13-22)31-43-47-48-44-31)17-37-33(50)25-15-29-28(38-18-39-29)14-24(25)32(49)36-16-19-7-3-1-2-4-8-19/h5-6,9-15,18-19,26H,1-4,7-8,16-17H2,(H,36,49)(H,37,50)(H,38,39)(H,40,51)(H,41,42,45,46)(H,43,44,47,48). The number of halogens is 1. The van der Waals surface area contributed by atoms with Crippen LogP contribution in [0.3, 0.4) is 0 Å². The molecule has 260 valence electrons. The van der Waals surface area contributed by atoms with E-state index in [2.05, 4.69) is 67.2 Å². The zero-order chi connectivity index (χ0) is 35.2. The summed E-state index contributed by atoms with van der Waals surface area (Å²) in [5, 5.41) is 36.4. The summed E-state index contributed by atoms with van der Waals surface area (Å²) in [5.41, 5.74) is 2.73. The van der Waals surface area contributed by atoms with Gasteiger partial charge >= 0.3 is 0 Å². The minimum absolute atomic E-state index is 0.0645. The Morgan fingerprint density at radius 1 is 0.824 bits per heavy atom. The van der Waals surface area contributed by atoms with Crippen molar-refractivity contribution in [2.24, 2.45) is 5.92 Å². The molecule has 3 aromatic carbocycles. The van der Waals surface area contributed by atoms with Crippen molar-refractivity contribution in [2.75, 3.05) is 18.4 Å². The van der Waals surface area contributed by atoms with E-state index in [1.165, 1.54) is 43.4 Å². The van der Waals surface area contributed by atoms with Crippen molar-refractivity contribution in [2.45, 2.75) is 44.4 Å². The minimum Gasteiger partial charge on any atom is -0.352 e. The van der Waals surface area contributed by atoms with Crippen LogP contribution in [0.15, 0.2) is 60.9 Å². The zero-order valence-corrected chi connectivity index (χ0v) is 27.3. The molecular weight excluding hydrogens is 657 g/mol. The van der Waals surface area contributed by atoms with E-state index in [-0.39, 0.29) is 29.1 Å². The van der Waals surface area contributed by atoms with Crippen LogP contribution >= 0.6 is 0 Å². The lowest BCUT2D eigenvalue weighted by Crippen LogP contribution is -2.36. The average Bonchev–Trinajstić information content (AvgIpc) is 3.93. The molecule has 0 bridgehead atoms. The van der Waals surface area contributed by atoms with Crippen LogP contribution < -0.4 is 16.0 Å². The molecule has 7 rings (SSSR count). The first-order chi connectivity index (χ1) is 24.9. The van der Waals surface area contributed by atoms with Crippen LogP contribution in [0.25, 0.3) is 33.8 Å². The van der Waals surface area contributed by atoms with Crippen molar-refractivity contribution in [3.8, 4) is 22.8 Å². The second-order valence-electron chi connectivity index (χ2n) is 12.5. The fourth-order valence-electron chi connectivity index (χ4n) is 6.42. The Hall–Kier alpha value is -6.39. The maximum absolute atomic E-state index is 15.2. The number of tetrazole rings is 2. The van der Waals surface area contributed by atoms with Crippen LogP contribution in [-0.4, -0.2) is 82.0 Å². The number of carbonyl (C=O) groups is 3. The second kappa shape index (κ2) is 15.0. The Labute approximate surface area is 289 Å². The number of hydrogen-bond acceptors (Lipinski definition) is 10. The lowest BCUT2D eigenvalue weighted by atomic mass is 9.96. The number of imidazole rings is 1. The minimum atomic E-state index is -1.18. The number of nitrogens with zero attached hydrogens (tertiary/aromatic N) is 7. The van der Waals surface area contributed by atoms with Crippen molar-refractivity contribution in [1.29, 1.82) is 0 Å². The molecule has 0 saturated heterocycles. The molecule has 3 amide bonds. The van der Waals surface area contributed by atoms with Crippen LogP contribution in [0.5, 0.6) is 0 Å². The summed E-state index contributed by atoms with van der Waals surface area (Å²) >= 11 is 0. The molecule has 17 heteroatoms. The quantitative estimate of drug-likeness (QED) is 0.107. The number of aromatic nitrogens is 10. The lowest BCUT2D eigenvalue weighted by Gasteiger charge is -2.20. The summed E-state index contributed by atoms with van der Waals surface area (Å²) in [4.78, 5) is 48.6. The number of rotatable bonds is 11. The van der Waals surface area contributed by atoms with Crippen LogP contribution in [-0.2, 0) is 4.79 Å². The van der Waals surface area contributed by atoms with E-state index in [0.717, 1.165) is 25.7 Å². The van der Waals surface area contributed by atoms with Crippen molar-refractivity contribution in [1.82, 2.24) is 61.8 Å².